The summed E-state index contributed by atoms with van der Waals surface area (Å²) in [5, 5.41) is 2.27. The molecule has 0 nitrogen and oxygen atoms in total. The minimum absolute atomic E-state index is 0.451. The number of thiophene rings is 1. The molecule has 1 heteroatoms. The Morgan fingerprint density at radius 3 is 2.12 bits per heavy atom. The number of hydrogen-bond donors (Lipinski definition) is 0. The maximum Gasteiger partial charge on any atom is 0.149 e. The van der Waals surface area contributed by atoms with Gasteiger partial charge in [0.05, 0.1) is 0 Å². The van der Waals surface area contributed by atoms with E-state index in [1.165, 1.54) is 5.56 Å². The summed E-state index contributed by atoms with van der Waals surface area (Å²) in [6, 6.07) is 2.21. The quantitative estimate of drug-likeness (QED) is 0.470. The fourth-order valence-electron chi connectivity index (χ4n) is 0.677. The molecule has 0 aliphatic rings. The molecule has 8 heavy (non-hydrogen) atoms. The summed E-state index contributed by atoms with van der Waals surface area (Å²) in [6.07, 6.45) is 2.25. The average molecular weight is 127 g/mol. The van der Waals surface area contributed by atoms with E-state index in [0.29, 0.717) is 10.5 Å². The lowest BCUT2D eigenvalue weighted by Gasteiger charge is -1.78. The van der Waals surface area contributed by atoms with E-state index >= 15 is 0 Å². The highest BCUT2D eigenvalue weighted by Gasteiger charge is 2.04. The topological polar surface area (TPSA) is 0 Å². The molecule has 0 aliphatic carbocycles. The van der Waals surface area contributed by atoms with Crippen molar-refractivity contribution in [2.24, 2.45) is 6.26 Å². The Hall–Kier alpha value is -0.300. The lowest BCUT2D eigenvalue weighted by atomic mass is 10.3. The van der Waals surface area contributed by atoms with Gasteiger partial charge in [0.2, 0.25) is 0 Å². The molecule has 0 bridgehead atoms. The maximum absolute atomic E-state index is 2.27. The molecular formula is C7H11S+. The van der Waals surface area contributed by atoms with Gasteiger partial charge in [-0.2, -0.15) is 0 Å². The number of rotatable bonds is 0. The van der Waals surface area contributed by atoms with Gasteiger partial charge in [-0.05, 0) is 23.5 Å². The highest BCUT2D eigenvalue weighted by atomic mass is 32.2. The molecule has 44 valence electrons. The molecule has 1 rings (SSSR count). The van der Waals surface area contributed by atoms with Crippen LogP contribution < -0.4 is 0 Å². The average Bonchev–Trinajstić information content (AvgIpc) is 1.98. The zero-order chi connectivity index (χ0) is 6.15. The van der Waals surface area contributed by atoms with Crippen LogP contribution in [0.3, 0.4) is 0 Å². The molecule has 0 spiro atoms. The number of hydrogen-bond acceptors (Lipinski definition) is 0. The van der Waals surface area contributed by atoms with Crippen LogP contribution in [0.4, 0.5) is 0 Å². The fraction of sp³-hybridized carbons (Fsp3) is 0.429. The Kier molecular flexibility index (Phi) is 1.39. The first-order valence-corrected chi connectivity index (χ1v) is 4.42. The van der Waals surface area contributed by atoms with Crippen LogP contribution in [0, 0.1) is 13.8 Å². The molecule has 0 amide bonds. The van der Waals surface area contributed by atoms with Gasteiger partial charge in [0.25, 0.3) is 0 Å². The van der Waals surface area contributed by atoms with Gasteiger partial charge in [0, 0.05) is 12.5 Å². The first kappa shape index (κ1) is 5.83. The van der Waals surface area contributed by atoms with E-state index in [0.717, 1.165) is 0 Å². The van der Waals surface area contributed by atoms with Crippen molar-refractivity contribution in [3.8, 4) is 0 Å². The Labute approximate surface area is 53.1 Å². The molecule has 1 unspecified atom stereocenters. The lowest BCUT2D eigenvalue weighted by Crippen LogP contribution is -1.65. The van der Waals surface area contributed by atoms with Crippen molar-refractivity contribution < 1.29 is 0 Å². The van der Waals surface area contributed by atoms with Gasteiger partial charge in [0.15, 0.2) is 0 Å². The summed E-state index contributed by atoms with van der Waals surface area (Å²) in [5.41, 5.74) is 1.45. The molecular weight excluding hydrogens is 116 g/mol. The standard InChI is InChI=1S/C7H11S/c1-6-4-5-8(3)7(6)2/h4-5H,1-3H3/q+1. The van der Waals surface area contributed by atoms with E-state index in [1.807, 2.05) is 0 Å². The first-order chi connectivity index (χ1) is 3.72. The summed E-state index contributed by atoms with van der Waals surface area (Å²) < 4.78 is 0. The third kappa shape index (κ3) is 0.781. The van der Waals surface area contributed by atoms with Crippen molar-refractivity contribution in [1.29, 1.82) is 0 Å². The van der Waals surface area contributed by atoms with Gasteiger partial charge >= 0.3 is 0 Å². The van der Waals surface area contributed by atoms with Crippen LogP contribution in [-0.2, 0) is 6.26 Å². The third-order valence-corrected chi connectivity index (χ3v) is 3.39. The van der Waals surface area contributed by atoms with E-state index < -0.39 is 0 Å². The molecule has 0 radical (unpaired) electrons. The van der Waals surface area contributed by atoms with Gasteiger partial charge in [-0.1, -0.05) is 0 Å². The molecule has 0 N–H and O–H groups in total. The molecule has 1 heterocycles. The Morgan fingerprint density at radius 1 is 1.38 bits per heavy atom. The van der Waals surface area contributed by atoms with Crippen LogP contribution in [0.15, 0.2) is 11.4 Å². The lowest BCUT2D eigenvalue weighted by molar-refractivity contribution is 1.44. The minimum Gasteiger partial charge on any atom is -0.0346 e. The van der Waals surface area contributed by atoms with E-state index in [-0.39, 0.29) is 0 Å². The van der Waals surface area contributed by atoms with Crippen molar-refractivity contribution in [2.75, 3.05) is 0 Å². The van der Waals surface area contributed by atoms with E-state index in [1.54, 1.807) is 4.88 Å². The highest BCUT2D eigenvalue weighted by Crippen LogP contribution is 2.23. The van der Waals surface area contributed by atoms with Gasteiger partial charge in [-0.15, -0.1) is 0 Å². The molecule has 0 fully saturated rings. The van der Waals surface area contributed by atoms with Crippen LogP contribution in [0.1, 0.15) is 10.4 Å². The summed E-state index contributed by atoms with van der Waals surface area (Å²) in [4.78, 5) is 1.55. The predicted octanol–water partition coefficient (Wildman–Crippen LogP) is 2.59. The minimum atomic E-state index is 0.451. The second kappa shape index (κ2) is 1.90. The monoisotopic (exact) mass is 127 g/mol. The molecule has 1 aromatic rings. The van der Waals surface area contributed by atoms with Gasteiger partial charge in [-0.3, -0.25) is 0 Å². The van der Waals surface area contributed by atoms with Crippen LogP contribution in [0.2, 0.25) is 0 Å². The van der Waals surface area contributed by atoms with Gasteiger partial charge < -0.3 is 0 Å². The molecule has 1 aromatic heterocycles. The van der Waals surface area contributed by atoms with Crippen molar-refractivity contribution in [3.63, 3.8) is 0 Å². The van der Waals surface area contributed by atoms with Crippen LogP contribution in [-0.4, -0.2) is 0 Å². The molecule has 0 aliphatic heterocycles. The Bertz CT molecular complexity index is 167. The molecule has 0 saturated heterocycles. The summed E-state index contributed by atoms with van der Waals surface area (Å²) in [5.74, 6) is 0. The van der Waals surface area contributed by atoms with E-state index in [4.69, 9.17) is 0 Å². The zero-order valence-corrected chi connectivity index (χ0v) is 6.38. The Balaban J connectivity index is 3.19. The van der Waals surface area contributed by atoms with Crippen LogP contribution in [0.25, 0.3) is 0 Å². The largest absolute Gasteiger partial charge is 0.149 e. The van der Waals surface area contributed by atoms with Crippen LogP contribution in [0.5, 0.6) is 0 Å². The summed E-state index contributed by atoms with van der Waals surface area (Å²) in [7, 11) is 0.451. The summed E-state index contributed by atoms with van der Waals surface area (Å²) in [6.45, 7) is 4.38. The van der Waals surface area contributed by atoms with E-state index in [9.17, 15) is 0 Å². The van der Waals surface area contributed by atoms with Crippen molar-refractivity contribution in [2.45, 2.75) is 13.8 Å². The molecule has 0 aromatic carbocycles. The maximum atomic E-state index is 2.27. The van der Waals surface area contributed by atoms with Crippen molar-refractivity contribution >= 4 is 10.5 Å². The fourth-order valence-corrected chi connectivity index (χ4v) is 1.87. The summed E-state index contributed by atoms with van der Waals surface area (Å²) >= 11 is 0. The van der Waals surface area contributed by atoms with Gasteiger partial charge in [0.1, 0.15) is 16.5 Å². The third-order valence-electron chi connectivity index (χ3n) is 1.56. The highest BCUT2D eigenvalue weighted by molar-refractivity contribution is 7.28. The molecule has 0 saturated carbocycles. The first-order valence-electron chi connectivity index (χ1n) is 2.72. The second-order valence-electron chi connectivity index (χ2n) is 2.10. The van der Waals surface area contributed by atoms with Crippen molar-refractivity contribution in [1.82, 2.24) is 0 Å². The normalized spacial score (nSPS) is 12.1. The smallest absolute Gasteiger partial charge is 0.0346 e. The van der Waals surface area contributed by atoms with Crippen molar-refractivity contribution in [3.05, 3.63) is 21.9 Å². The predicted molar refractivity (Wildman–Crippen MR) is 39.4 cm³/mol. The van der Waals surface area contributed by atoms with Gasteiger partial charge in [-0.25, -0.2) is 0 Å². The van der Waals surface area contributed by atoms with E-state index in [2.05, 4.69) is 31.5 Å². The molecule has 1 atom stereocenters. The number of aryl methyl sites for hydroxylation is 2. The second-order valence-corrected chi connectivity index (χ2v) is 4.10. The SMILES string of the molecule is Cc1cc[s+](C)c1C. The van der Waals surface area contributed by atoms with Crippen LogP contribution >= 0.6 is 10.5 Å². The Morgan fingerprint density at radius 2 is 2.00 bits per heavy atom. The zero-order valence-electron chi connectivity index (χ0n) is 5.56.